The normalized spacial score (nSPS) is 10.7. The van der Waals surface area contributed by atoms with E-state index in [9.17, 15) is 0 Å². The summed E-state index contributed by atoms with van der Waals surface area (Å²) in [5.74, 6) is 0. The Kier molecular flexibility index (Phi) is 23.8. The van der Waals surface area contributed by atoms with Crippen molar-refractivity contribution in [2.24, 2.45) is 0 Å². The van der Waals surface area contributed by atoms with Crippen molar-refractivity contribution in [1.82, 2.24) is 0 Å². The van der Waals surface area contributed by atoms with Gasteiger partial charge in [0.1, 0.15) is 0 Å². The molecule has 0 saturated heterocycles. The smallest absolute Gasteiger partial charge is 0.00668 e. The fourth-order valence-corrected chi connectivity index (χ4v) is 4.64. The first-order chi connectivity index (χ1) is 20.6. The molecule has 0 saturated carbocycles. The van der Waals surface area contributed by atoms with Gasteiger partial charge >= 0.3 is 0 Å². The van der Waals surface area contributed by atoms with Crippen LogP contribution in [0, 0.1) is 13.8 Å². The second-order valence-corrected chi connectivity index (χ2v) is 8.19. The zero-order chi connectivity index (χ0) is 32.5. The standard InChI is InChI=1S/C34H34.4C2H6/c1-7-11-20-28(19-9-3)32-26(6)33(29-21-14-12-15-22-29)31(27(10-4)18-8-2)25(5)34(32)30-23-16-13-17-24-30;4*1-2/h7-24H,2,4H2,1,3,5-6H3;4*1-2H3/b11-7-,19-9-,27-18+,28-20+;;;;. The Balaban J connectivity index is 0. The van der Waals surface area contributed by atoms with Crippen LogP contribution in [0.15, 0.2) is 122 Å². The summed E-state index contributed by atoms with van der Waals surface area (Å²) in [6.45, 7) is 32.7. The van der Waals surface area contributed by atoms with Gasteiger partial charge in [0, 0.05) is 0 Å². The number of benzene rings is 3. The number of hydrogen-bond acceptors (Lipinski definition) is 0. The third-order valence-electron chi connectivity index (χ3n) is 6.03. The van der Waals surface area contributed by atoms with Gasteiger partial charge in [0.2, 0.25) is 0 Å². The zero-order valence-electron chi connectivity index (χ0n) is 28.8. The first-order valence-electron chi connectivity index (χ1n) is 15.8. The third-order valence-corrected chi connectivity index (χ3v) is 6.03. The number of hydrogen-bond donors (Lipinski definition) is 0. The summed E-state index contributed by atoms with van der Waals surface area (Å²) < 4.78 is 0. The van der Waals surface area contributed by atoms with Crippen LogP contribution in [0.3, 0.4) is 0 Å². The molecule has 0 spiro atoms. The van der Waals surface area contributed by atoms with E-state index in [0.717, 1.165) is 5.57 Å². The van der Waals surface area contributed by atoms with Crippen LogP contribution in [-0.2, 0) is 0 Å². The number of allylic oxidation sites excluding steroid dienone is 10. The molecule has 3 aromatic rings. The van der Waals surface area contributed by atoms with Crippen LogP contribution in [0.2, 0.25) is 0 Å². The van der Waals surface area contributed by atoms with Gasteiger partial charge in [-0.2, -0.15) is 0 Å². The molecule has 0 aliphatic rings. The van der Waals surface area contributed by atoms with Crippen molar-refractivity contribution in [1.29, 1.82) is 0 Å². The Morgan fingerprint density at radius 1 is 0.548 bits per heavy atom. The van der Waals surface area contributed by atoms with Crippen molar-refractivity contribution < 1.29 is 0 Å². The average Bonchev–Trinajstić information content (AvgIpc) is 3.07. The summed E-state index contributed by atoms with van der Waals surface area (Å²) in [6.07, 6.45) is 16.5. The molecule has 226 valence electrons. The molecule has 0 atom stereocenters. The molecule has 3 rings (SSSR count). The Bertz CT molecular complexity index is 1280. The first-order valence-corrected chi connectivity index (χ1v) is 15.8. The predicted molar refractivity (Wildman–Crippen MR) is 198 cm³/mol. The molecule has 0 amide bonds. The largest absolute Gasteiger partial charge is 0.0990 e. The lowest BCUT2D eigenvalue weighted by Gasteiger charge is -2.26. The third kappa shape index (κ3) is 10.8. The molecule has 0 radical (unpaired) electrons. The van der Waals surface area contributed by atoms with E-state index in [1.165, 1.54) is 50.1 Å². The predicted octanol–water partition coefficient (Wildman–Crippen LogP) is 14.0. The van der Waals surface area contributed by atoms with Gasteiger partial charge in [-0.3, -0.25) is 0 Å². The molecule has 0 N–H and O–H groups in total. The van der Waals surface area contributed by atoms with E-state index in [0.29, 0.717) is 0 Å². The first kappa shape index (κ1) is 40.2. The molecule has 0 aliphatic carbocycles. The zero-order valence-corrected chi connectivity index (χ0v) is 28.8. The highest BCUT2D eigenvalue weighted by Crippen LogP contribution is 2.45. The molecule has 0 heterocycles. The summed E-state index contributed by atoms with van der Waals surface area (Å²) >= 11 is 0. The maximum Gasteiger partial charge on any atom is -0.00668 e. The van der Waals surface area contributed by atoms with Gasteiger partial charge in [-0.15, -0.1) is 0 Å². The molecular formula is C42H58. The van der Waals surface area contributed by atoms with Gasteiger partial charge in [0.15, 0.2) is 0 Å². The highest BCUT2D eigenvalue weighted by atomic mass is 14.3. The SMILES string of the molecule is C=C/C=C(\C=C)c1c(C)c(-c2ccccc2)c(C(/C=C\C)=C/C=C\C)c(C)c1-c1ccccc1.CC.CC.CC.CC. The van der Waals surface area contributed by atoms with Crippen molar-refractivity contribution in [2.45, 2.75) is 83.1 Å². The highest BCUT2D eigenvalue weighted by molar-refractivity contribution is 5.99. The monoisotopic (exact) mass is 562 g/mol. The summed E-state index contributed by atoms with van der Waals surface area (Å²) in [5, 5.41) is 0. The van der Waals surface area contributed by atoms with Crippen molar-refractivity contribution in [3.8, 4) is 22.3 Å². The molecular weight excluding hydrogens is 504 g/mol. The van der Waals surface area contributed by atoms with Crippen molar-refractivity contribution in [3.63, 3.8) is 0 Å². The highest BCUT2D eigenvalue weighted by Gasteiger charge is 2.23. The van der Waals surface area contributed by atoms with Crippen molar-refractivity contribution in [3.05, 3.63) is 145 Å². The van der Waals surface area contributed by atoms with Crippen LogP contribution in [0.5, 0.6) is 0 Å². The lowest BCUT2D eigenvalue weighted by atomic mass is 9.77. The minimum absolute atomic E-state index is 1.07. The van der Waals surface area contributed by atoms with Crippen LogP contribution in [0.25, 0.3) is 33.4 Å². The molecule has 0 fully saturated rings. The molecule has 0 aromatic heterocycles. The molecule has 0 heteroatoms. The van der Waals surface area contributed by atoms with Crippen LogP contribution in [0.4, 0.5) is 0 Å². The quantitative estimate of drug-likeness (QED) is 0.239. The molecule has 0 aliphatic heterocycles. The van der Waals surface area contributed by atoms with Gasteiger partial charge in [-0.05, 0) is 83.3 Å². The van der Waals surface area contributed by atoms with E-state index in [2.05, 4.69) is 138 Å². The average molecular weight is 563 g/mol. The van der Waals surface area contributed by atoms with E-state index in [-0.39, 0.29) is 0 Å². The van der Waals surface area contributed by atoms with E-state index < -0.39 is 0 Å². The molecule has 42 heavy (non-hydrogen) atoms. The van der Waals surface area contributed by atoms with Crippen LogP contribution >= 0.6 is 0 Å². The van der Waals surface area contributed by atoms with E-state index in [1.54, 1.807) is 0 Å². The fourth-order valence-electron chi connectivity index (χ4n) is 4.64. The van der Waals surface area contributed by atoms with Crippen LogP contribution < -0.4 is 0 Å². The Morgan fingerprint density at radius 2 is 0.952 bits per heavy atom. The van der Waals surface area contributed by atoms with Crippen molar-refractivity contribution >= 4 is 11.1 Å². The molecule has 0 nitrogen and oxygen atoms in total. The summed E-state index contributed by atoms with van der Waals surface area (Å²) in [6, 6.07) is 21.3. The second-order valence-electron chi connectivity index (χ2n) is 8.19. The Labute approximate surface area is 260 Å². The van der Waals surface area contributed by atoms with Gasteiger partial charge in [-0.25, -0.2) is 0 Å². The number of rotatable bonds is 8. The minimum atomic E-state index is 1.07. The lowest BCUT2D eigenvalue weighted by Crippen LogP contribution is -2.04. The summed E-state index contributed by atoms with van der Waals surface area (Å²) in [7, 11) is 0. The topological polar surface area (TPSA) is 0 Å². The van der Waals surface area contributed by atoms with E-state index >= 15 is 0 Å². The molecule has 3 aromatic carbocycles. The fraction of sp³-hybridized carbons (Fsp3) is 0.286. The summed E-state index contributed by atoms with van der Waals surface area (Å²) in [5.41, 5.74) is 12.1. The van der Waals surface area contributed by atoms with Gasteiger partial charge in [0.05, 0.1) is 0 Å². The van der Waals surface area contributed by atoms with Crippen molar-refractivity contribution in [2.75, 3.05) is 0 Å². The molecule has 0 unspecified atom stereocenters. The van der Waals surface area contributed by atoms with E-state index in [1.807, 2.05) is 67.5 Å². The maximum absolute atomic E-state index is 4.14. The van der Waals surface area contributed by atoms with Crippen LogP contribution in [0.1, 0.15) is 91.5 Å². The Morgan fingerprint density at radius 3 is 1.29 bits per heavy atom. The second kappa shape index (κ2) is 24.9. The van der Waals surface area contributed by atoms with Crippen LogP contribution in [-0.4, -0.2) is 0 Å². The summed E-state index contributed by atoms with van der Waals surface area (Å²) in [4.78, 5) is 0. The van der Waals surface area contributed by atoms with Gasteiger partial charge < -0.3 is 0 Å². The minimum Gasteiger partial charge on any atom is -0.0990 e. The van der Waals surface area contributed by atoms with E-state index in [4.69, 9.17) is 0 Å². The molecule has 0 bridgehead atoms. The van der Waals surface area contributed by atoms with Gasteiger partial charge in [-0.1, -0.05) is 178 Å². The maximum atomic E-state index is 4.14. The van der Waals surface area contributed by atoms with Gasteiger partial charge in [0.25, 0.3) is 0 Å². The lowest BCUT2D eigenvalue weighted by molar-refractivity contribution is 1.33. The Hall–Kier alpha value is -3.90.